The molecule has 0 saturated heterocycles. The highest BCUT2D eigenvalue weighted by molar-refractivity contribution is 5.97. The first-order valence-electron chi connectivity index (χ1n) is 7.15. The topological polar surface area (TPSA) is 98.2 Å². The summed E-state index contributed by atoms with van der Waals surface area (Å²) < 4.78 is 5.23. The van der Waals surface area contributed by atoms with Gasteiger partial charge in [-0.15, -0.1) is 0 Å². The van der Waals surface area contributed by atoms with Gasteiger partial charge < -0.3 is 15.5 Å². The van der Waals surface area contributed by atoms with Gasteiger partial charge in [0.2, 0.25) is 11.7 Å². The third kappa shape index (κ3) is 3.00. The molecule has 6 nitrogen and oxygen atoms in total. The number of hydrogen-bond acceptors (Lipinski definition) is 4. The summed E-state index contributed by atoms with van der Waals surface area (Å²) in [6, 6.07) is 9.37. The summed E-state index contributed by atoms with van der Waals surface area (Å²) in [5, 5.41) is 2.82. The van der Waals surface area contributed by atoms with Gasteiger partial charge in [0.15, 0.2) is 6.39 Å². The number of carbonyl (C=O) groups excluding carboxylic acids is 2. The van der Waals surface area contributed by atoms with Crippen molar-refractivity contribution >= 4 is 11.8 Å². The van der Waals surface area contributed by atoms with Gasteiger partial charge in [-0.3, -0.25) is 9.59 Å². The molecule has 0 radical (unpaired) electrons. The molecular weight excluding hydrogens is 282 g/mol. The Hall–Kier alpha value is -2.63. The Labute approximate surface area is 127 Å². The summed E-state index contributed by atoms with van der Waals surface area (Å²) in [6.07, 6.45) is 3.36. The molecule has 0 aliphatic heterocycles. The van der Waals surface area contributed by atoms with Crippen molar-refractivity contribution in [3.63, 3.8) is 0 Å². The van der Waals surface area contributed by atoms with Crippen LogP contribution < -0.4 is 11.1 Å². The maximum atomic E-state index is 12.3. The lowest BCUT2D eigenvalue weighted by Crippen LogP contribution is -2.32. The first-order chi connectivity index (χ1) is 10.6. The van der Waals surface area contributed by atoms with Gasteiger partial charge in [0.1, 0.15) is 5.69 Å². The van der Waals surface area contributed by atoms with Gasteiger partial charge in [0, 0.05) is 18.5 Å². The summed E-state index contributed by atoms with van der Waals surface area (Å²) in [4.78, 5) is 27.5. The summed E-state index contributed by atoms with van der Waals surface area (Å²) in [5.41, 5.74) is 6.40. The Morgan fingerprint density at radius 2 is 2.00 bits per heavy atom. The van der Waals surface area contributed by atoms with Gasteiger partial charge in [-0.25, -0.2) is 4.98 Å². The maximum absolute atomic E-state index is 12.3. The van der Waals surface area contributed by atoms with Crippen molar-refractivity contribution in [2.24, 2.45) is 11.1 Å². The van der Waals surface area contributed by atoms with Crippen LogP contribution in [-0.4, -0.2) is 23.3 Å². The molecule has 1 saturated carbocycles. The molecular formula is C16H17N3O3. The van der Waals surface area contributed by atoms with Crippen molar-refractivity contribution in [1.82, 2.24) is 10.3 Å². The number of hydrogen-bond donors (Lipinski definition) is 2. The Bertz CT molecular complexity index is 690. The summed E-state index contributed by atoms with van der Waals surface area (Å²) in [7, 11) is 0. The van der Waals surface area contributed by atoms with Crippen LogP contribution in [0.5, 0.6) is 0 Å². The highest BCUT2D eigenvalue weighted by atomic mass is 16.3. The van der Waals surface area contributed by atoms with E-state index in [9.17, 15) is 9.59 Å². The monoisotopic (exact) mass is 299 g/mol. The van der Waals surface area contributed by atoms with E-state index >= 15 is 0 Å². The molecule has 114 valence electrons. The molecule has 1 aromatic heterocycles. The van der Waals surface area contributed by atoms with Crippen molar-refractivity contribution in [3.8, 4) is 11.3 Å². The number of oxazole rings is 1. The fraction of sp³-hybridized carbons (Fsp3) is 0.312. The van der Waals surface area contributed by atoms with Crippen LogP contribution in [-0.2, 0) is 4.79 Å². The van der Waals surface area contributed by atoms with Crippen LogP contribution in [0.1, 0.15) is 29.8 Å². The standard InChI is InChI=1S/C16H17N3O3/c17-12(20)8-16(6-7-16)9-18-15(21)14-13(19-10-22-14)11-4-2-1-3-5-11/h1-5,10H,6-9H2,(H2,17,20)(H,18,21). The number of amides is 2. The van der Waals surface area contributed by atoms with Crippen LogP contribution in [0.2, 0.25) is 0 Å². The average Bonchev–Trinajstić information content (AvgIpc) is 3.09. The minimum absolute atomic E-state index is 0.172. The molecule has 1 fully saturated rings. The second-order valence-electron chi connectivity index (χ2n) is 5.72. The first kappa shape index (κ1) is 14.3. The molecule has 1 aliphatic carbocycles. The van der Waals surface area contributed by atoms with E-state index in [0.717, 1.165) is 18.4 Å². The average molecular weight is 299 g/mol. The van der Waals surface area contributed by atoms with E-state index in [1.54, 1.807) is 0 Å². The molecule has 3 N–H and O–H groups in total. The number of benzene rings is 1. The molecule has 2 aromatic rings. The van der Waals surface area contributed by atoms with E-state index in [4.69, 9.17) is 10.2 Å². The molecule has 1 aliphatic rings. The molecule has 1 heterocycles. The Kier molecular flexibility index (Phi) is 3.66. The third-order valence-corrected chi connectivity index (χ3v) is 3.95. The van der Waals surface area contributed by atoms with Crippen LogP contribution in [0.15, 0.2) is 41.1 Å². The molecule has 1 aromatic carbocycles. The number of carbonyl (C=O) groups is 2. The highest BCUT2D eigenvalue weighted by Gasteiger charge is 2.44. The summed E-state index contributed by atoms with van der Waals surface area (Å²) >= 11 is 0. The van der Waals surface area contributed by atoms with Crippen molar-refractivity contribution in [2.75, 3.05) is 6.54 Å². The fourth-order valence-corrected chi connectivity index (χ4v) is 2.52. The largest absolute Gasteiger partial charge is 0.438 e. The van der Waals surface area contributed by atoms with Gasteiger partial charge >= 0.3 is 0 Å². The second-order valence-corrected chi connectivity index (χ2v) is 5.72. The molecule has 3 rings (SSSR count). The van der Waals surface area contributed by atoms with E-state index in [0.29, 0.717) is 18.7 Å². The van der Waals surface area contributed by atoms with Crippen molar-refractivity contribution in [1.29, 1.82) is 0 Å². The zero-order chi connectivity index (χ0) is 15.6. The van der Waals surface area contributed by atoms with Gasteiger partial charge in [0.25, 0.3) is 5.91 Å². The Morgan fingerprint density at radius 3 is 2.64 bits per heavy atom. The molecule has 0 atom stereocenters. The van der Waals surface area contributed by atoms with E-state index < -0.39 is 0 Å². The molecule has 0 bridgehead atoms. The van der Waals surface area contributed by atoms with Crippen LogP contribution in [0.3, 0.4) is 0 Å². The Morgan fingerprint density at radius 1 is 1.27 bits per heavy atom. The Balaban J connectivity index is 1.69. The smallest absolute Gasteiger partial charge is 0.289 e. The van der Waals surface area contributed by atoms with E-state index in [-0.39, 0.29) is 23.0 Å². The second kappa shape index (κ2) is 5.63. The van der Waals surface area contributed by atoms with Crippen LogP contribution >= 0.6 is 0 Å². The first-order valence-corrected chi connectivity index (χ1v) is 7.15. The van der Waals surface area contributed by atoms with Gasteiger partial charge in [-0.05, 0) is 18.3 Å². The number of nitrogens with one attached hydrogen (secondary N) is 1. The molecule has 6 heteroatoms. The molecule has 2 amide bonds. The number of rotatable bonds is 6. The molecule has 0 unspecified atom stereocenters. The lowest BCUT2D eigenvalue weighted by Gasteiger charge is -2.13. The fourth-order valence-electron chi connectivity index (χ4n) is 2.52. The van der Waals surface area contributed by atoms with E-state index in [1.807, 2.05) is 30.3 Å². The van der Waals surface area contributed by atoms with Crippen LogP contribution in [0.4, 0.5) is 0 Å². The molecule has 0 spiro atoms. The third-order valence-electron chi connectivity index (χ3n) is 3.95. The number of aromatic nitrogens is 1. The van der Waals surface area contributed by atoms with Gasteiger partial charge in [-0.2, -0.15) is 0 Å². The zero-order valence-corrected chi connectivity index (χ0v) is 12.0. The quantitative estimate of drug-likeness (QED) is 0.848. The zero-order valence-electron chi connectivity index (χ0n) is 12.0. The predicted octanol–water partition coefficient (Wildman–Crippen LogP) is 1.73. The maximum Gasteiger partial charge on any atom is 0.289 e. The number of nitrogens with zero attached hydrogens (tertiary/aromatic N) is 1. The summed E-state index contributed by atoms with van der Waals surface area (Å²) in [5.74, 6) is -0.482. The minimum atomic E-state index is -0.337. The van der Waals surface area contributed by atoms with Crippen molar-refractivity contribution in [3.05, 3.63) is 42.5 Å². The number of primary amides is 1. The number of nitrogens with two attached hydrogens (primary N) is 1. The SMILES string of the molecule is NC(=O)CC1(CNC(=O)c2ocnc2-c2ccccc2)CC1. The van der Waals surface area contributed by atoms with Crippen LogP contribution in [0, 0.1) is 5.41 Å². The minimum Gasteiger partial charge on any atom is -0.438 e. The normalized spacial score (nSPS) is 15.3. The lowest BCUT2D eigenvalue weighted by molar-refractivity contribution is -0.119. The van der Waals surface area contributed by atoms with E-state index in [1.165, 1.54) is 6.39 Å². The highest BCUT2D eigenvalue weighted by Crippen LogP contribution is 2.48. The van der Waals surface area contributed by atoms with Gasteiger partial charge in [0.05, 0.1) is 0 Å². The van der Waals surface area contributed by atoms with Gasteiger partial charge in [-0.1, -0.05) is 30.3 Å². The molecule has 22 heavy (non-hydrogen) atoms. The van der Waals surface area contributed by atoms with Crippen LogP contribution in [0.25, 0.3) is 11.3 Å². The van der Waals surface area contributed by atoms with Crippen molar-refractivity contribution in [2.45, 2.75) is 19.3 Å². The van der Waals surface area contributed by atoms with E-state index in [2.05, 4.69) is 10.3 Å². The van der Waals surface area contributed by atoms with Crippen molar-refractivity contribution < 1.29 is 14.0 Å². The lowest BCUT2D eigenvalue weighted by atomic mass is 10.0. The summed E-state index contributed by atoms with van der Waals surface area (Å²) in [6.45, 7) is 0.420. The predicted molar refractivity (Wildman–Crippen MR) is 79.8 cm³/mol.